The smallest absolute Gasteiger partial charge is 0.306 e. The molecule has 1 unspecified atom stereocenters. The Morgan fingerprint density at radius 3 is 2.26 bits per heavy atom. The lowest BCUT2D eigenvalue weighted by atomic mass is 10.0. The highest BCUT2D eigenvalue weighted by atomic mass is 79.9. The average Bonchev–Trinajstić information content (AvgIpc) is 2.58. The van der Waals surface area contributed by atoms with E-state index in [1.165, 1.54) is 5.56 Å². The van der Waals surface area contributed by atoms with Gasteiger partial charge in [-0.15, -0.1) is 0 Å². The lowest BCUT2D eigenvalue weighted by Crippen LogP contribution is -1.99. The van der Waals surface area contributed by atoms with E-state index in [1.54, 1.807) is 0 Å². The Kier molecular flexibility index (Phi) is 2.56. The third kappa shape index (κ3) is 1.72. The van der Waals surface area contributed by atoms with E-state index in [1.807, 2.05) is 6.07 Å². The van der Waals surface area contributed by atoms with E-state index in [9.17, 15) is 4.79 Å². The van der Waals surface area contributed by atoms with Crippen LogP contribution in [-0.4, -0.2) is 9.97 Å². The number of hydrogen-bond donors (Lipinski definition) is 2. The van der Waals surface area contributed by atoms with Gasteiger partial charge in [0.25, 0.3) is 0 Å². The Morgan fingerprint density at radius 2 is 1.68 bits per heavy atom. The first kappa shape index (κ1) is 13.0. The summed E-state index contributed by atoms with van der Waals surface area (Å²) in [6.45, 7) is 9.29. The van der Waals surface area contributed by atoms with Crippen molar-refractivity contribution in [2.45, 2.75) is 32.5 Å². The van der Waals surface area contributed by atoms with E-state index >= 15 is 0 Å². The summed E-state index contributed by atoms with van der Waals surface area (Å²) in [5, 5.41) is 0. The first-order valence-electron chi connectivity index (χ1n) is 6.61. The van der Waals surface area contributed by atoms with Crippen LogP contribution in [0.15, 0.2) is 23.0 Å². The highest BCUT2D eigenvalue weighted by Gasteiger charge is 2.66. The van der Waals surface area contributed by atoms with E-state index in [-0.39, 0.29) is 5.69 Å². The minimum absolute atomic E-state index is 0.148. The fourth-order valence-corrected chi connectivity index (χ4v) is 5.00. The van der Waals surface area contributed by atoms with Gasteiger partial charge in [0.15, 0.2) is 0 Å². The Hall–Kier alpha value is -1.03. The maximum atomic E-state index is 11.3. The van der Waals surface area contributed by atoms with Gasteiger partial charge in [-0.05, 0) is 34.4 Å². The van der Waals surface area contributed by atoms with E-state index in [2.05, 4.69) is 65.7 Å². The molecule has 0 bridgehead atoms. The highest BCUT2D eigenvalue weighted by Crippen LogP contribution is 2.73. The van der Waals surface area contributed by atoms with Gasteiger partial charge in [0, 0.05) is 4.83 Å². The SMILES string of the molecule is CC1(C)C(C(Br)c2ccc3[nH]c(=O)[nH]c3c2)C1(C)C. The molecule has 0 aliphatic heterocycles. The standard InChI is InChI=1S/C15H19BrN2O/c1-14(2)12(15(14,3)4)11(16)8-5-6-9-10(7-8)18-13(19)17-9/h5-7,11-12H,1-4H3,(H2,17,18,19). The number of nitrogens with one attached hydrogen (secondary N) is 2. The Balaban J connectivity index is 1.99. The maximum absolute atomic E-state index is 11.3. The second-order valence-corrected chi connectivity index (χ2v) is 7.69. The van der Waals surface area contributed by atoms with Crippen LogP contribution < -0.4 is 5.69 Å². The molecule has 1 aliphatic carbocycles. The number of imidazole rings is 1. The number of aromatic amines is 2. The maximum Gasteiger partial charge on any atom is 0.323 e. The average molecular weight is 323 g/mol. The number of rotatable bonds is 2. The minimum atomic E-state index is -0.148. The summed E-state index contributed by atoms with van der Waals surface area (Å²) in [5.74, 6) is 0.600. The van der Waals surface area contributed by atoms with Crippen LogP contribution in [0.2, 0.25) is 0 Å². The van der Waals surface area contributed by atoms with Crippen LogP contribution in [0.4, 0.5) is 0 Å². The van der Waals surface area contributed by atoms with Crippen LogP contribution in [-0.2, 0) is 0 Å². The molecular formula is C15H19BrN2O. The van der Waals surface area contributed by atoms with Crippen LogP contribution in [0.3, 0.4) is 0 Å². The zero-order valence-corrected chi connectivity index (χ0v) is 13.3. The van der Waals surface area contributed by atoms with Gasteiger partial charge < -0.3 is 9.97 Å². The van der Waals surface area contributed by atoms with E-state index in [0.717, 1.165) is 11.0 Å². The second kappa shape index (κ2) is 3.75. The van der Waals surface area contributed by atoms with Crippen molar-refractivity contribution in [2.24, 2.45) is 16.7 Å². The van der Waals surface area contributed by atoms with Crippen molar-refractivity contribution in [1.29, 1.82) is 0 Å². The normalized spacial score (nSPS) is 22.6. The zero-order valence-electron chi connectivity index (χ0n) is 11.7. The number of H-pyrrole nitrogens is 2. The summed E-state index contributed by atoms with van der Waals surface area (Å²) < 4.78 is 0. The molecule has 0 radical (unpaired) electrons. The van der Waals surface area contributed by atoms with E-state index in [0.29, 0.717) is 21.6 Å². The number of fused-ring (bicyclic) bond motifs is 1. The molecule has 2 N–H and O–H groups in total. The quantitative estimate of drug-likeness (QED) is 0.807. The fourth-order valence-electron chi connectivity index (χ4n) is 3.39. The summed E-state index contributed by atoms with van der Waals surface area (Å²) in [4.78, 5) is 17.2. The lowest BCUT2D eigenvalue weighted by molar-refractivity contribution is 0.457. The molecule has 19 heavy (non-hydrogen) atoms. The third-order valence-corrected chi connectivity index (χ3v) is 6.34. The Bertz CT molecular complexity index is 681. The van der Waals surface area contributed by atoms with Crippen LogP contribution in [0.5, 0.6) is 0 Å². The van der Waals surface area contributed by atoms with Crippen molar-refractivity contribution in [1.82, 2.24) is 9.97 Å². The first-order valence-corrected chi connectivity index (χ1v) is 7.53. The molecule has 1 heterocycles. The van der Waals surface area contributed by atoms with Gasteiger partial charge in [-0.1, -0.05) is 49.7 Å². The first-order chi connectivity index (χ1) is 8.75. The lowest BCUT2D eigenvalue weighted by Gasteiger charge is -2.12. The topological polar surface area (TPSA) is 48.6 Å². The van der Waals surface area contributed by atoms with Crippen molar-refractivity contribution in [3.05, 3.63) is 34.2 Å². The summed E-state index contributed by atoms with van der Waals surface area (Å²) >= 11 is 3.85. The van der Waals surface area contributed by atoms with Crippen LogP contribution >= 0.6 is 15.9 Å². The van der Waals surface area contributed by atoms with Crippen LogP contribution in [0, 0.1) is 16.7 Å². The fraction of sp³-hybridized carbons (Fsp3) is 0.533. The van der Waals surface area contributed by atoms with Crippen molar-refractivity contribution in [3.63, 3.8) is 0 Å². The molecule has 0 spiro atoms. The molecule has 1 aromatic carbocycles. The molecule has 4 heteroatoms. The van der Waals surface area contributed by atoms with Crippen molar-refractivity contribution < 1.29 is 0 Å². The van der Waals surface area contributed by atoms with Crippen molar-refractivity contribution in [3.8, 4) is 0 Å². The van der Waals surface area contributed by atoms with E-state index < -0.39 is 0 Å². The molecule has 2 aromatic rings. The van der Waals surface area contributed by atoms with Gasteiger partial charge in [-0.3, -0.25) is 0 Å². The largest absolute Gasteiger partial charge is 0.323 e. The second-order valence-electron chi connectivity index (χ2n) is 6.71. The molecule has 1 aromatic heterocycles. The van der Waals surface area contributed by atoms with Gasteiger partial charge in [-0.25, -0.2) is 4.79 Å². The molecule has 0 amide bonds. The van der Waals surface area contributed by atoms with Crippen LogP contribution in [0.1, 0.15) is 38.1 Å². The zero-order chi connectivity index (χ0) is 14.0. The predicted molar refractivity (Wildman–Crippen MR) is 81.6 cm³/mol. The summed E-state index contributed by atoms with van der Waals surface area (Å²) in [5.41, 5.74) is 3.49. The summed E-state index contributed by atoms with van der Waals surface area (Å²) in [7, 11) is 0. The number of halogens is 1. The predicted octanol–water partition coefficient (Wildman–Crippen LogP) is 3.97. The van der Waals surface area contributed by atoms with Gasteiger partial charge in [0.05, 0.1) is 11.0 Å². The number of hydrogen-bond acceptors (Lipinski definition) is 1. The van der Waals surface area contributed by atoms with Crippen molar-refractivity contribution >= 4 is 27.0 Å². The molecule has 1 saturated carbocycles. The van der Waals surface area contributed by atoms with Gasteiger partial charge >= 0.3 is 5.69 Å². The number of aromatic nitrogens is 2. The van der Waals surface area contributed by atoms with Crippen LogP contribution in [0.25, 0.3) is 11.0 Å². The van der Waals surface area contributed by atoms with Gasteiger partial charge in [-0.2, -0.15) is 0 Å². The summed E-state index contributed by atoms with van der Waals surface area (Å²) in [6, 6.07) is 6.13. The Labute approximate surface area is 120 Å². The molecule has 0 saturated heterocycles. The molecule has 3 rings (SSSR count). The molecule has 102 valence electrons. The number of benzene rings is 1. The molecular weight excluding hydrogens is 304 g/mol. The monoisotopic (exact) mass is 322 g/mol. The minimum Gasteiger partial charge on any atom is -0.306 e. The number of alkyl halides is 1. The van der Waals surface area contributed by atoms with Gasteiger partial charge in [0.2, 0.25) is 0 Å². The van der Waals surface area contributed by atoms with Crippen molar-refractivity contribution in [2.75, 3.05) is 0 Å². The van der Waals surface area contributed by atoms with E-state index in [4.69, 9.17) is 0 Å². The van der Waals surface area contributed by atoms with Gasteiger partial charge in [0.1, 0.15) is 0 Å². The molecule has 3 nitrogen and oxygen atoms in total. The highest BCUT2D eigenvalue weighted by molar-refractivity contribution is 9.09. The molecule has 1 fully saturated rings. The Morgan fingerprint density at radius 1 is 1.11 bits per heavy atom. The molecule has 1 atom stereocenters. The molecule has 1 aliphatic rings. The summed E-state index contributed by atoms with van der Waals surface area (Å²) in [6.07, 6.45) is 0. The third-order valence-electron chi connectivity index (χ3n) is 5.28.